The SMILES string of the molecule is CCC(C)/C(=C1/C=CC=C(OCCCOC)/C1=N/C)c1cc(=O)c(C(=O)O)cn1CC(C)CC(C)C. The first kappa shape index (κ1) is 29.3. The molecule has 0 saturated carbocycles. The zero-order chi connectivity index (χ0) is 26.8. The average molecular weight is 499 g/mol. The third-order valence-corrected chi connectivity index (χ3v) is 6.38. The van der Waals surface area contributed by atoms with E-state index in [0.717, 1.165) is 41.8 Å². The molecular formula is C29H42N2O5. The first-order valence-electron chi connectivity index (χ1n) is 12.8. The van der Waals surface area contributed by atoms with Gasteiger partial charge in [-0.3, -0.25) is 9.79 Å². The molecule has 0 saturated heterocycles. The lowest BCUT2D eigenvalue weighted by atomic mass is 9.86. The van der Waals surface area contributed by atoms with Crippen LogP contribution in [0.2, 0.25) is 0 Å². The number of hydrogen-bond acceptors (Lipinski definition) is 5. The van der Waals surface area contributed by atoms with Crippen molar-refractivity contribution < 1.29 is 19.4 Å². The van der Waals surface area contributed by atoms with Crippen LogP contribution in [0.4, 0.5) is 0 Å². The van der Waals surface area contributed by atoms with Crippen molar-refractivity contribution in [3.8, 4) is 0 Å². The highest BCUT2D eigenvalue weighted by atomic mass is 16.5. The molecule has 1 aromatic heterocycles. The van der Waals surface area contributed by atoms with E-state index in [1.807, 2.05) is 22.8 Å². The number of carboxylic acid groups (broad SMARTS) is 1. The standard InChI is InChI=1S/C29H42N2O5/c1-8-21(5)27(22-11-9-12-26(28(22)30-6)36-14-10-13-35-7)24-16-25(32)23(29(33)34)18-31(24)17-20(4)15-19(2)3/h9,11-12,16,18-21H,8,10,13-15,17H2,1-7H3,(H,33,34)/b27-22+,30-28+. The summed E-state index contributed by atoms with van der Waals surface area (Å²) in [6, 6.07) is 1.48. The maximum Gasteiger partial charge on any atom is 0.341 e. The van der Waals surface area contributed by atoms with Crippen LogP contribution in [-0.2, 0) is 16.0 Å². The van der Waals surface area contributed by atoms with Gasteiger partial charge in [0.25, 0.3) is 0 Å². The molecule has 0 amide bonds. The second kappa shape index (κ2) is 14.0. The van der Waals surface area contributed by atoms with E-state index in [1.54, 1.807) is 14.2 Å². The number of nitrogens with zero attached hydrogens (tertiary/aromatic N) is 2. The molecule has 0 radical (unpaired) electrons. The van der Waals surface area contributed by atoms with Crippen LogP contribution in [0.5, 0.6) is 0 Å². The molecule has 2 unspecified atom stereocenters. The summed E-state index contributed by atoms with van der Waals surface area (Å²) < 4.78 is 13.1. The molecule has 0 aliphatic heterocycles. The number of methoxy groups -OCH3 is 1. The Morgan fingerprint density at radius 1 is 1.19 bits per heavy atom. The van der Waals surface area contributed by atoms with Gasteiger partial charge in [0.1, 0.15) is 17.0 Å². The molecule has 2 atom stereocenters. The zero-order valence-corrected chi connectivity index (χ0v) is 22.8. The Morgan fingerprint density at radius 2 is 1.92 bits per heavy atom. The fraction of sp³-hybridized carbons (Fsp3) is 0.552. The molecule has 1 N–H and O–H groups in total. The largest absolute Gasteiger partial charge is 0.491 e. The van der Waals surface area contributed by atoms with Crippen LogP contribution in [0.3, 0.4) is 0 Å². The summed E-state index contributed by atoms with van der Waals surface area (Å²) in [6.45, 7) is 12.5. The highest BCUT2D eigenvalue weighted by Crippen LogP contribution is 2.34. The molecule has 1 aromatic rings. The van der Waals surface area contributed by atoms with Crippen molar-refractivity contribution in [1.29, 1.82) is 0 Å². The molecule has 7 heteroatoms. The fourth-order valence-electron chi connectivity index (χ4n) is 4.67. The Balaban J connectivity index is 2.70. The number of pyridine rings is 1. The quantitative estimate of drug-likeness (QED) is 0.357. The normalized spacial score (nSPS) is 17.8. The van der Waals surface area contributed by atoms with E-state index in [-0.39, 0.29) is 11.5 Å². The average Bonchev–Trinajstić information content (AvgIpc) is 2.82. The van der Waals surface area contributed by atoms with E-state index < -0.39 is 11.4 Å². The van der Waals surface area contributed by atoms with Crippen LogP contribution in [0.15, 0.2) is 51.6 Å². The zero-order valence-electron chi connectivity index (χ0n) is 22.8. The highest BCUT2D eigenvalue weighted by molar-refractivity contribution is 6.18. The molecule has 0 fully saturated rings. The van der Waals surface area contributed by atoms with Gasteiger partial charge in [0.2, 0.25) is 0 Å². The van der Waals surface area contributed by atoms with Crippen molar-refractivity contribution >= 4 is 17.3 Å². The van der Waals surface area contributed by atoms with E-state index in [1.165, 1.54) is 12.3 Å². The molecule has 198 valence electrons. The maximum atomic E-state index is 12.9. The van der Waals surface area contributed by atoms with Gasteiger partial charge < -0.3 is 19.1 Å². The van der Waals surface area contributed by atoms with Crippen LogP contribution in [0.1, 0.15) is 69.9 Å². The predicted octanol–water partition coefficient (Wildman–Crippen LogP) is 5.61. The number of aromatic carboxylic acids is 1. The van der Waals surface area contributed by atoms with Crippen molar-refractivity contribution in [2.75, 3.05) is 27.4 Å². The van der Waals surface area contributed by atoms with Gasteiger partial charge in [-0.1, -0.05) is 46.8 Å². The molecule has 0 aromatic carbocycles. The summed E-state index contributed by atoms with van der Waals surface area (Å²) in [5.41, 5.74) is 2.61. The lowest BCUT2D eigenvalue weighted by molar-refractivity contribution is 0.0694. The third-order valence-electron chi connectivity index (χ3n) is 6.38. The molecule has 1 aliphatic carbocycles. The molecular weight excluding hydrogens is 456 g/mol. The van der Waals surface area contributed by atoms with Crippen molar-refractivity contribution in [3.05, 3.63) is 63.3 Å². The Kier molecular flexibility index (Phi) is 11.4. The summed E-state index contributed by atoms with van der Waals surface area (Å²) >= 11 is 0. The first-order valence-corrected chi connectivity index (χ1v) is 12.8. The maximum absolute atomic E-state index is 12.9. The van der Waals surface area contributed by atoms with Gasteiger partial charge >= 0.3 is 5.97 Å². The third kappa shape index (κ3) is 7.53. The lowest BCUT2D eigenvalue weighted by Gasteiger charge is -2.27. The summed E-state index contributed by atoms with van der Waals surface area (Å²) in [5.74, 6) is 0.374. The van der Waals surface area contributed by atoms with Crippen LogP contribution in [0, 0.1) is 17.8 Å². The van der Waals surface area contributed by atoms with E-state index in [4.69, 9.17) is 9.47 Å². The van der Waals surface area contributed by atoms with Gasteiger partial charge in [-0.25, -0.2) is 4.79 Å². The Hall–Kier alpha value is -2.93. The Bertz CT molecular complexity index is 1090. The van der Waals surface area contributed by atoms with Crippen molar-refractivity contribution in [2.24, 2.45) is 22.7 Å². The number of hydrogen-bond donors (Lipinski definition) is 1. The Labute approximate surface area is 215 Å². The van der Waals surface area contributed by atoms with Crippen LogP contribution < -0.4 is 5.43 Å². The second-order valence-corrected chi connectivity index (χ2v) is 9.92. The molecule has 1 aliphatic rings. The summed E-state index contributed by atoms with van der Waals surface area (Å²) in [7, 11) is 3.40. The van der Waals surface area contributed by atoms with Crippen molar-refractivity contribution in [1.82, 2.24) is 4.57 Å². The van der Waals surface area contributed by atoms with E-state index in [2.05, 4.69) is 39.6 Å². The summed E-state index contributed by atoms with van der Waals surface area (Å²) in [4.78, 5) is 29.3. The second-order valence-electron chi connectivity index (χ2n) is 9.92. The van der Waals surface area contributed by atoms with E-state index in [9.17, 15) is 14.7 Å². The summed E-state index contributed by atoms with van der Waals surface area (Å²) in [5, 5.41) is 9.65. The monoisotopic (exact) mass is 498 g/mol. The topological polar surface area (TPSA) is 90.1 Å². The van der Waals surface area contributed by atoms with Gasteiger partial charge in [0, 0.05) is 57.3 Å². The molecule has 0 spiro atoms. The number of allylic oxidation sites excluding steroid dienone is 5. The minimum absolute atomic E-state index is 0.0935. The van der Waals surface area contributed by atoms with Gasteiger partial charge in [-0.05, 0) is 42.2 Å². The molecule has 36 heavy (non-hydrogen) atoms. The van der Waals surface area contributed by atoms with Crippen LogP contribution in [0.25, 0.3) is 5.57 Å². The number of aliphatic imine (C=N–C) groups is 1. The molecule has 0 bridgehead atoms. The van der Waals surface area contributed by atoms with Crippen molar-refractivity contribution in [2.45, 2.75) is 60.4 Å². The lowest BCUT2D eigenvalue weighted by Crippen LogP contribution is -2.24. The van der Waals surface area contributed by atoms with Crippen LogP contribution >= 0.6 is 0 Å². The summed E-state index contributed by atoms with van der Waals surface area (Å²) in [6.07, 6.45) is 9.94. The Morgan fingerprint density at radius 3 is 2.50 bits per heavy atom. The van der Waals surface area contributed by atoms with Gasteiger partial charge in [-0.2, -0.15) is 0 Å². The number of aromatic nitrogens is 1. The minimum Gasteiger partial charge on any atom is -0.491 e. The number of carbonyl (C=O) groups is 1. The molecule has 2 rings (SSSR count). The van der Waals surface area contributed by atoms with Crippen LogP contribution in [-0.4, -0.2) is 48.7 Å². The van der Waals surface area contributed by atoms with E-state index in [0.29, 0.717) is 37.4 Å². The first-order chi connectivity index (χ1) is 17.1. The number of ether oxygens (including phenoxy) is 2. The van der Waals surface area contributed by atoms with Gasteiger partial charge in [0.15, 0.2) is 5.43 Å². The smallest absolute Gasteiger partial charge is 0.341 e. The van der Waals surface area contributed by atoms with Gasteiger partial charge in [-0.15, -0.1) is 0 Å². The minimum atomic E-state index is -1.21. The highest BCUT2D eigenvalue weighted by Gasteiger charge is 2.26. The number of carboxylic acids is 1. The molecule has 1 heterocycles. The fourth-order valence-corrected chi connectivity index (χ4v) is 4.67. The van der Waals surface area contributed by atoms with Gasteiger partial charge in [0.05, 0.1) is 6.61 Å². The number of rotatable bonds is 13. The molecule has 7 nitrogen and oxygen atoms in total. The predicted molar refractivity (Wildman–Crippen MR) is 146 cm³/mol. The van der Waals surface area contributed by atoms with E-state index >= 15 is 0 Å². The van der Waals surface area contributed by atoms with Crippen molar-refractivity contribution in [3.63, 3.8) is 0 Å².